The molecule has 0 bridgehead atoms. The third-order valence-electron chi connectivity index (χ3n) is 6.60. The highest BCUT2D eigenvalue weighted by Gasteiger charge is 2.40. The van der Waals surface area contributed by atoms with Crippen molar-refractivity contribution in [2.24, 2.45) is 5.11 Å². The second kappa shape index (κ2) is 8.51. The van der Waals surface area contributed by atoms with E-state index in [9.17, 15) is 4.79 Å². The zero-order valence-corrected chi connectivity index (χ0v) is 18.1. The number of H-pyrrole nitrogens is 1. The van der Waals surface area contributed by atoms with E-state index in [-0.39, 0.29) is 18.5 Å². The van der Waals surface area contributed by atoms with E-state index in [4.69, 9.17) is 5.53 Å². The second-order valence-electron chi connectivity index (χ2n) is 8.69. The van der Waals surface area contributed by atoms with Crippen molar-refractivity contribution in [2.45, 2.75) is 64.2 Å². The van der Waals surface area contributed by atoms with E-state index in [1.54, 1.807) is 6.20 Å². The molecule has 1 saturated carbocycles. The number of nitrogens with one attached hydrogen (secondary N) is 1. The third-order valence-corrected chi connectivity index (χ3v) is 6.60. The van der Waals surface area contributed by atoms with Gasteiger partial charge in [0.05, 0.1) is 18.3 Å². The van der Waals surface area contributed by atoms with Gasteiger partial charge in [-0.05, 0) is 67.8 Å². The summed E-state index contributed by atoms with van der Waals surface area (Å²) >= 11 is 0. The van der Waals surface area contributed by atoms with Crippen molar-refractivity contribution in [3.05, 3.63) is 81.0 Å². The highest BCUT2D eigenvalue weighted by Crippen LogP contribution is 2.35. The van der Waals surface area contributed by atoms with E-state index in [0.717, 1.165) is 49.1 Å². The number of azide groups is 1. The number of pyridine rings is 1. The molecule has 1 N–H and O–H groups in total. The molecular formula is C23H26N8O. The molecule has 1 atom stereocenters. The molecule has 5 rings (SSSR count). The molecule has 1 fully saturated rings. The zero-order valence-electron chi connectivity index (χ0n) is 18.1. The fourth-order valence-corrected chi connectivity index (χ4v) is 4.81. The Morgan fingerprint density at radius 2 is 2.22 bits per heavy atom. The largest absolute Gasteiger partial charge is 0.344 e. The van der Waals surface area contributed by atoms with E-state index in [1.165, 1.54) is 11.3 Å². The Bertz CT molecular complexity index is 1170. The van der Waals surface area contributed by atoms with Gasteiger partial charge < -0.3 is 9.47 Å². The van der Waals surface area contributed by atoms with Gasteiger partial charge in [-0.15, -0.1) is 0 Å². The highest BCUT2D eigenvalue weighted by molar-refractivity contribution is 5.96. The molecule has 3 aromatic heterocycles. The van der Waals surface area contributed by atoms with Crippen molar-refractivity contribution in [1.82, 2.24) is 24.6 Å². The Labute approximate surface area is 186 Å². The number of hydrogen-bond acceptors (Lipinski definition) is 4. The van der Waals surface area contributed by atoms with E-state index < -0.39 is 0 Å². The summed E-state index contributed by atoms with van der Waals surface area (Å²) in [6, 6.07) is 6.30. The number of amides is 1. The predicted molar refractivity (Wildman–Crippen MR) is 119 cm³/mol. The molecule has 2 aliphatic rings. The Morgan fingerprint density at radius 3 is 2.97 bits per heavy atom. The normalized spacial score (nSPS) is 17.5. The van der Waals surface area contributed by atoms with Crippen LogP contribution in [0.3, 0.4) is 0 Å². The molecule has 0 spiro atoms. The minimum atomic E-state index is 0.0778. The average Bonchev–Trinajstić information content (AvgIpc) is 3.44. The number of rotatable bonds is 7. The van der Waals surface area contributed by atoms with Crippen LogP contribution in [0.5, 0.6) is 0 Å². The molecule has 0 aromatic carbocycles. The summed E-state index contributed by atoms with van der Waals surface area (Å²) in [5, 5.41) is 11.0. The molecule has 3 aromatic rings. The quantitative estimate of drug-likeness (QED) is 0.348. The molecule has 2 aliphatic carbocycles. The van der Waals surface area contributed by atoms with Crippen molar-refractivity contribution < 1.29 is 4.79 Å². The first-order valence-electron chi connectivity index (χ1n) is 11.1. The molecule has 32 heavy (non-hydrogen) atoms. The summed E-state index contributed by atoms with van der Waals surface area (Å²) in [4.78, 5) is 23.1. The average molecular weight is 431 g/mol. The highest BCUT2D eigenvalue weighted by atomic mass is 16.2. The van der Waals surface area contributed by atoms with Crippen LogP contribution in [-0.4, -0.2) is 42.6 Å². The van der Waals surface area contributed by atoms with Gasteiger partial charge in [0, 0.05) is 53.0 Å². The van der Waals surface area contributed by atoms with Crippen LogP contribution in [0.1, 0.15) is 57.8 Å². The van der Waals surface area contributed by atoms with Gasteiger partial charge in [0.25, 0.3) is 5.91 Å². The SMILES string of the molecule is Cc1c(C(=O)N(C2CC2)C2CCc3[nH]ncc3C2)cc(CN=[N+]=[N-])n1Cc1cccnc1. The molecule has 3 heterocycles. The summed E-state index contributed by atoms with van der Waals surface area (Å²) in [7, 11) is 0. The van der Waals surface area contributed by atoms with E-state index in [0.29, 0.717) is 18.2 Å². The van der Waals surface area contributed by atoms with Gasteiger partial charge in [-0.2, -0.15) is 5.10 Å². The first-order chi connectivity index (χ1) is 15.7. The number of nitrogens with zero attached hydrogens (tertiary/aromatic N) is 7. The van der Waals surface area contributed by atoms with Crippen molar-refractivity contribution >= 4 is 5.91 Å². The number of carbonyl (C=O) groups is 1. The van der Waals surface area contributed by atoms with Gasteiger partial charge in [0.2, 0.25) is 0 Å². The molecule has 0 saturated heterocycles. The predicted octanol–water partition coefficient (Wildman–Crippen LogP) is 3.94. The smallest absolute Gasteiger partial charge is 0.256 e. The lowest BCUT2D eigenvalue weighted by Crippen LogP contribution is -2.45. The van der Waals surface area contributed by atoms with Crippen LogP contribution in [0.2, 0.25) is 0 Å². The van der Waals surface area contributed by atoms with Crippen LogP contribution in [-0.2, 0) is 25.9 Å². The van der Waals surface area contributed by atoms with Gasteiger partial charge in [0.15, 0.2) is 0 Å². The van der Waals surface area contributed by atoms with Crippen molar-refractivity contribution in [3.8, 4) is 0 Å². The lowest BCUT2D eigenvalue weighted by atomic mass is 9.92. The zero-order chi connectivity index (χ0) is 22.1. The summed E-state index contributed by atoms with van der Waals surface area (Å²) in [5.41, 5.74) is 14.7. The van der Waals surface area contributed by atoms with Crippen LogP contribution in [0.15, 0.2) is 41.9 Å². The number of carbonyl (C=O) groups excluding carboxylic acids is 1. The van der Waals surface area contributed by atoms with Crippen molar-refractivity contribution in [3.63, 3.8) is 0 Å². The van der Waals surface area contributed by atoms with Crippen LogP contribution in [0, 0.1) is 6.92 Å². The van der Waals surface area contributed by atoms with Crippen LogP contribution >= 0.6 is 0 Å². The number of fused-ring (bicyclic) bond motifs is 1. The lowest BCUT2D eigenvalue weighted by Gasteiger charge is -2.34. The molecule has 1 unspecified atom stereocenters. The standard InChI is InChI=1S/C23H26N8O/c1-15-21(10-20(13-27-29-24)30(15)14-16-3-2-8-25-11-16)23(32)31(18-4-5-18)19-6-7-22-17(9-19)12-26-28-22/h2-3,8,10-12,18-19H,4-7,9,13-14H2,1H3,(H,26,28). The summed E-state index contributed by atoms with van der Waals surface area (Å²) in [5.74, 6) is 0.0778. The third kappa shape index (κ3) is 3.87. The first-order valence-corrected chi connectivity index (χ1v) is 11.1. The molecule has 0 radical (unpaired) electrons. The minimum absolute atomic E-state index is 0.0778. The van der Waals surface area contributed by atoms with Gasteiger partial charge in [0.1, 0.15) is 0 Å². The fourth-order valence-electron chi connectivity index (χ4n) is 4.81. The molecule has 0 aliphatic heterocycles. The molecule has 164 valence electrons. The van der Waals surface area contributed by atoms with Crippen LogP contribution in [0.25, 0.3) is 10.4 Å². The first kappa shape index (κ1) is 20.3. The summed E-state index contributed by atoms with van der Waals surface area (Å²) in [6.07, 6.45) is 10.3. The molecular weight excluding hydrogens is 404 g/mol. The van der Waals surface area contributed by atoms with Crippen LogP contribution in [0.4, 0.5) is 0 Å². The van der Waals surface area contributed by atoms with E-state index in [1.807, 2.05) is 37.5 Å². The fraction of sp³-hybridized carbons (Fsp3) is 0.435. The van der Waals surface area contributed by atoms with Crippen LogP contribution < -0.4 is 0 Å². The van der Waals surface area contributed by atoms with Crippen molar-refractivity contribution in [2.75, 3.05) is 0 Å². The number of aromatic amines is 1. The number of hydrogen-bond donors (Lipinski definition) is 1. The van der Waals surface area contributed by atoms with E-state index in [2.05, 4.69) is 34.7 Å². The van der Waals surface area contributed by atoms with Gasteiger partial charge in [-0.3, -0.25) is 14.9 Å². The maximum Gasteiger partial charge on any atom is 0.256 e. The van der Waals surface area contributed by atoms with Gasteiger partial charge in [-0.1, -0.05) is 11.2 Å². The maximum absolute atomic E-state index is 13.9. The molecule has 1 amide bonds. The Hall–Kier alpha value is -3.58. The van der Waals surface area contributed by atoms with Gasteiger partial charge in [-0.25, -0.2) is 0 Å². The summed E-state index contributed by atoms with van der Waals surface area (Å²) < 4.78 is 2.07. The monoisotopic (exact) mass is 430 g/mol. The lowest BCUT2D eigenvalue weighted by molar-refractivity contribution is 0.0642. The number of aryl methyl sites for hydroxylation is 1. The van der Waals surface area contributed by atoms with Gasteiger partial charge >= 0.3 is 0 Å². The summed E-state index contributed by atoms with van der Waals surface area (Å²) in [6.45, 7) is 2.76. The molecule has 9 heteroatoms. The maximum atomic E-state index is 13.9. The number of aromatic nitrogens is 4. The van der Waals surface area contributed by atoms with E-state index >= 15 is 0 Å². The van der Waals surface area contributed by atoms with Crippen molar-refractivity contribution in [1.29, 1.82) is 0 Å². The topological polar surface area (TPSA) is 116 Å². The Balaban J connectivity index is 1.47. The minimum Gasteiger partial charge on any atom is -0.344 e. The Morgan fingerprint density at radius 1 is 1.34 bits per heavy atom. The molecule has 9 nitrogen and oxygen atoms in total. The Kier molecular flexibility index (Phi) is 5.41. The second-order valence-corrected chi connectivity index (χ2v) is 8.69.